The van der Waals surface area contributed by atoms with Gasteiger partial charge in [0.05, 0.1) is 0 Å². The van der Waals surface area contributed by atoms with Crippen LogP contribution in [0.15, 0.2) is 30.3 Å². The highest BCUT2D eigenvalue weighted by Crippen LogP contribution is 2.19. The van der Waals surface area contributed by atoms with Crippen molar-refractivity contribution in [3.63, 3.8) is 0 Å². The fourth-order valence-corrected chi connectivity index (χ4v) is 6.51. The van der Waals surface area contributed by atoms with Gasteiger partial charge in [0.25, 0.3) is 0 Å². The van der Waals surface area contributed by atoms with Crippen LogP contribution in [0.2, 0.25) is 10.6 Å². The SMILES string of the molecule is CCC(C)[CH2][Al]([CH2]C(C)CC)[c]1ccccc1. The third kappa shape index (κ3) is 5.28. The first kappa shape index (κ1) is 14.8. The molecular formula is C16H27Al. The van der Waals surface area contributed by atoms with Crippen molar-refractivity contribution in [1.29, 1.82) is 0 Å². The molecule has 0 amide bonds. The van der Waals surface area contributed by atoms with Crippen LogP contribution in [0.3, 0.4) is 0 Å². The van der Waals surface area contributed by atoms with Crippen LogP contribution in [0.1, 0.15) is 40.5 Å². The summed E-state index contributed by atoms with van der Waals surface area (Å²) in [5.41, 5.74) is 0. The fraction of sp³-hybridized carbons (Fsp3) is 0.625. The molecule has 0 aliphatic rings. The van der Waals surface area contributed by atoms with Crippen molar-refractivity contribution in [2.24, 2.45) is 11.8 Å². The van der Waals surface area contributed by atoms with E-state index in [9.17, 15) is 0 Å². The molecule has 1 aromatic carbocycles. The molecule has 94 valence electrons. The Balaban J connectivity index is 2.72. The summed E-state index contributed by atoms with van der Waals surface area (Å²) < 4.78 is 1.67. The molecule has 1 heteroatoms. The normalized spacial score (nSPS) is 14.4. The average Bonchev–Trinajstić information content (AvgIpc) is 2.38. The summed E-state index contributed by atoms with van der Waals surface area (Å²) in [6.07, 6.45) is 2.66. The monoisotopic (exact) mass is 246 g/mol. The number of benzene rings is 1. The zero-order chi connectivity index (χ0) is 12.7. The van der Waals surface area contributed by atoms with Gasteiger partial charge in [-0.05, 0) is 0 Å². The average molecular weight is 246 g/mol. The maximum Gasteiger partial charge on any atom is 0.306 e. The predicted octanol–water partition coefficient (Wildman–Crippen LogP) is 4.48. The Morgan fingerprint density at radius 1 is 0.882 bits per heavy atom. The molecule has 0 aliphatic carbocycles. The molecule has 0 nitrogen and oxygen atoms in total. The van der Waals surface area contributed by atoms with E-state index in [-0.39, 0.29) is 0 Å². The fourth-order valence-electron chi connectivity index (χ4n) is 2.40. The molecule has 0 radical (unpaired) electrons. The first-order valence-corrected chi connectivity index (χ1v) is 9.43. The molecule has 1 aromatic rings. The van der Waals surface area contributed by atoms with E-state index in [2.05, 4.69) is 58.0 Å². The van der Waals surface area contributed by atoms with Gasteiger partial charge in [0.2, 0.25) is 0 Å². The van der Waals surface area contributed by atoms with Gasteiger partial charge in [0.15, 0.2) is 0 Å². The molecule has 0 saturated carbocycles. The van der Waals surface area contributed by atoms with E-state index in [1.807, 2.05) is 0 Å². The molecule has 2 unspecified atom stereocenters. The molecule has 0 N–H and O–H groups in total. The molecule has 2 atom stereocenters. The topological polar surface area (TPSA) is 0 Å². The summed E-state index contributed by atoms with van der Waals surface area (Å²) in [7, 11) is 0. The van der Waals surface area contributed by atoms with Gasteiger partial charge < -0.3 is 0 Å². The summed E-state index contributed by atoms with van der Waals surface area (Å²) >= 11 is -0.743. The van der Waals surface area contributed by atoms with Gasteiger partial charge in [-0.15, -0.1) is 4.43 Å². The highest BCUT2D eigenvalue weighted by molar-refractivity contribution is 6.73. The lowest BCUT2D eigenvalue weighted by molar-refractivity contribution is 0.595. The van der Waals surface area contributed by atoms with E-state index >= 15 is 0 Å². The van der Waals surface area contributed by atoms with Crippen LogP contribution in [-0.4, -0.2) is 14.1 Å². The van der Waals surface area contributed by atoms with Gasteiger partial charge in [0.1, 0.15) is 0 Å². The Morgan fingerprint density at radius 2 is 1.35 bits per heavy atom. The standard InChI is InChI=1S/C6H5.2C5H11.Al/c1-2-4-6-5-3-1;2*1-4-5(2)3;/h1-5H;2*5H,2,4H2,1,3H3;. The van der Waals surface area contributed by atoms with E-state index in [1.165, 1.54) is 23.4 Å². The molecule has 0 heterocycles. The lowest BCUT2D eigenvalue weighted by atomic mass is 10.1. The lowest BCUT2D eigenvalue weighted by Gasteiger charge is -2.19. The molecule has 1 rings (SSSR count). The minimum atomic E-state index is -0.743. The number of hydrogen-bond acceptors (Lipinski definition) is 0. The molecule has 0 fully saturated rings. The Bertz CT molecular complexity index is 282. The molecule has 0 saturated heterocycles. The van der Waals surface area contributed by atoms with Crippen LogP contribution < -0.4 is 4.43 Å². The van der Waals surface area contributed by atoms with Gasteiger partial charge in [-0.3, -0.25) is 0 Å². The highest BCUT2D eigenvalue weighted by atomic mass is 27.2. The number of hydrogen-bond donors (Lipinski definition) is 0. The van der Waals surface area contributed by atoms with E-state index in [1.54, 1.807) is 4.43 Å². The van der Waals surface area contributed by atoms with Crippen LogP contribution in [0.4, 0.5) is 0 Å². The lowest BCUT2D eigenvalue weighted by Crippen LogP contribution is -2.33. The van der Waals surface area contributed by atoms with E-state index < -0.39 is 14.1 Å². The number of rotatable bonds is 7. The second kappa shape index (κ2) is 7.96. The predicted molar refractivity (Wildman–Crippen MR) is 80.4 cm³/mol. The van der Waals surface area contributed by atoms with E-state index in [4.69, 9.17) is 0 Å². The maximum absolute atomic E-state index is 2.42. The van der Waals surface area contributed by atoms with Crippen LogP contribution in [0.5, 0.6) is 0 Å². The van der Waals surface area contributed by atoms with Crippen LogP contribution in [-0.2, 0) is 0 Å². The van der Waals surface area contributed by atoms with E-state index in [0.717, 1.165) is 11.8 Å². The zero-order valence-electron chi connectivity index (χ0n) is 11.9. The summed E-state index contributed by atoms with van der Waals surface area (Å²) in [6, 6.07) is 11.3. The molecule has 0 aromatic heterocycles. The Hall–Kier alpha value is -0.248. The van der Waals surface area contributed by atoms with Gasteiger partial charge in [-0.1, -0.05) is 93.3 Å². The van der Waals surface area contributed by atoms with Gasteiger partial charge in [0, 0.05) is 0 Å². The molecule has 0 spiro atoms. The first-order chi connectivity index (χ1) is 8.17. The van der Waals surface area contributed by atoms with Gasteiger partial charge in [-0.2, -0.15) is 0 Å². The minimum absolute atomic E-state index is 0.743. The summed E-state index contributed by atoms with van der Waals surface area (Å²) in [5.74, 6) is 1.80. The molecular weight excluding hydrogens is 219 g/mol. The highest BCUT2D eigenvalue weighted by Gasteiger charge is 2.23. The summed E-state index contributed by atoms with van der Waals surface area (Å²) in [4.78, 5) is 0. The van der Waals surface area contributed by atoms with Crippen LogP contribution in [0.25, 0.3) is 0 Å². The second-order valence-corrected chi connectivity index (χ2v) is 8.61. The molecule has 0 aliphatic heterocycles. The minimum Gasteiger partial charge on any atom is -0.110 e. The van der Waals surface area contributed by atoms with Crippen molar-refractivity contribution in [2.75, 3.05) is 0 Å². The molecule has 17 heavy (non-hydrogen) atoms. The quantitative estimate of drug-likeness (QED) is 0.622. The summed E-state index contributed by atoms with van der Waals surface area (Å²) in [6.45, 7) is 9.48. The van der Waals surface area contributed by atoms with Crippen molar-refractivity contribution < 1.29 is 0 Å². The van der Waals surface area contributed by atoms with Crippen LogP contribution in [0, 0.1) is 11.8 Å². The Labute approximate surface area is 112 Å². The third-order valence-corrected chi connectivity index (χ3v) is 8.11. The Kier molecular flexibility index (Phi) is 6.94. The third-order valence-electron chi connectivity index (χ3n) is 4.04. The van der Waals surface area contributed by atoms with Crippen molar-refractivity contribution in [3.05, 3.63) is 30.3 Å². The Morgan fingerprint density at radius 3 is 1.76 bits per heavy atom. The largest absolute Gasteiger partial charge is 0.306 e. The summed E-state index contributed by atoms with van der Waals surface area (Å²) in [5, 5.41) is 2.95. The second-order valence-electron chi connectivity index (χ2n) is 5.61. The smallest absolute Gasteiger partial charge is 0.110 e. The molecule has 0 bridgehead atoms. The van der Waals surface area contributed by atoms with Crippen LogP contribution >= 0.6 is 0 Å². The first-order valence-electron chi connectivity index (χ1n) is 7.22. The van der Waals surface area contributed by atoms with Crippen molar-refractivity contribution in [1.82, 2.24) is 0 Å². The van der Waals surface area contributed by atoms with E-state index in [0.29, 0.717) is 0 Å². The van der Waals surface area contributed by atoms with Crippen molar-refractivity contribution in [2.45, 2.75) is 51.1 Å². The van der Waals surface area contributed by atoms with Gasteiger partial charge >= 0.3 is 14.1 Å². The van der Waals surface area contributed by atoms with Crippen molar-refractivity contribution in [3.8, 4) is 0 Å². The van der Waals surface area contributed by atoms with Crippen molar-refractivity contribution >= 4 is 18.6 Å². The zero-order valence-corrected chi connectivity index (χ0v) is 13.1. The maximum atomic E-state index is 2.42. The van der Waals surface area contributed by atoms with Gasteiger partial charge in [-0.25, -0.2) is 0 Å².